The van der Waals surface area contributed by atoms with Crippen LogP contribution in [-0.4, -0.2) is 4.98 Å². The molecule has 0 unspecified atom stereocenters. The van der Waals surface area contributed by atoms with Crippen molar-refractivity contribution in [3.8, 4) is 0 Å². The van der Waals surface area contributed by atoms with Crippen molar-refractivity contribution in [1.82, 2.24) is 4.98 Å². The van der Waals surface area contributed by atoms with Crippen molar-refractivity contribution in [2.45, 2.75) is 27.7 Å². The first-order valence-electron chi connectivity index (χ1n) is 5.05. The Morgan fingerprint density at radius 3 is 2.53 bits per heavy atom. The third kappa shape index (κ3) is 2.43. The molecule has 0 saturated heterocycles. The molecular formula is C12H15NO2. The van der Waals surface area contributed by atoms with Crippen LogP contribution >= 0.6 is 0 Å². The van der Waals surface area contributed by atoms with Crippen molar-refractivity contribution in [2.75, 3.05) is 0 Å². The number of aryl methyl sites for hydroxylation is 2. The van der Waals surface area contributed by atoms with Gasteiger partial charge in [-0.2, -0.15) is 0 Å². The third-order valence-corrected chi connectivity index (χ3v) is 1.89. The monoisotopic (exact) mass is 205 g/mol. The highest BCUT2D eigenvalue weighted by atomic mass is 16.4. The molecule has 0 aliphatic rings. The molecule has 0 aliphatic carbocycles. The van der Waals surface area contributed by atoms with Gasteiger partial charge < -0.3 is 4.42 Å². The first kappa shape index (κ1) is 11.4. The summed E-state index contributed by atoms with van der Waals surface area (Å²) in [5.74, 6) is 0.404. The SMILES string of the molecule is CC.Cc1ccc2nc(C)oc(=O)c2c1. The number of aromatic nitrogens is 1. The third-order valence-electron chi connectivity index (χ3n) is 1.89. The lowest BCUT2D eigenvalue weighted by Crippen LogP contribution is -2.02. The van der Waals surface area contributed by atoms with Gasteiger partial charge in [0, 0.05) is 6.92 Å². The minimum Gasteiger partial charge on any atom is -0.408 e. The summed E-state index contributed by atoms with van der Waals surface area (Å²) in [7, 11) is 0. The molecule has 3 heteroatoms. The standard InChI is InChI=1S/C10H9NO2.C2H6/c1-6-3-4-9-8(5-6)10(12)13-7(2)11-9;1-2/h3-5H,1-2H3;1-2H3. The topological polar surface area (TPSA) is 43.1 Å². The maximum absolute atomic E-state index is 11.3. The smallest absolute Gasteiger partial charge is 0.346 e. The lowest BCUT2D eigenvalue weighted by atomic mass is 10.2. The Kier molecular flexibility index (Phi) is 3.61. The number of hydrogen-bond donors (Lipinski definition) is 0. The first-order valence-corrected chi connectivity index (χ1v) is 5.05. The van der Waals surface area contributed by atoms with Crippen LogP contribution in [0.5, 0.6) is 0 Å². The van der Waals surface area contributed by atoms with Crippen LogP contribution in [0.1, 0.15) is 25.3 Å². The summed E-state index contributed by atoms with van der Waals surface area (Å²) in [6.07, 6.45) is 0. The fraction of sp³-hybridized carbons (Fsp3) is 0.333. The molecule has 0 saturated carbocycles. The van der Waals surface area contributed by atoms with Crippen molar-refractivity contribution in [1.29, 1.82) is 0 Å². The molecule has 3 nitrogen and oxygen atoms in total. The van der Waals surface area contributed by atoms with Gasteiger partial charge in [-0.1, -0.05) is 25.5 Å². The van der Waals surface area contributed by atoms with Crippen LogP contribution in [0.15, 0.2) is 27.4 Å². The number of benzene rings is 1. The Labute approximate surface area is 88.8 Å². The lowest BCUT2D eigenvalue weighted by molar-refractivity contribution is 0.467. The summed E-state index contributed by atoms with van der Waals surface area (Å²) in [6, 6.07) is 5.54. The fourth-order valence-corrected chi connectivity index (χ4v) is 1.29. The molecule has 0 atom stereocenters. The Morgan fingerprint density at radius 1 is 1.20 bits per heavy atom. The molecule has 0 amide bonds. The Bertz CT molecular complexity index is 515. The average molecular weight is 205 g/mol. The summed E-state index contributed by atoms with van der Waals surface area (Å²) in [4.78, 5) is 15.5. The van der Waals surface area contributed by atoms with E-state index in [9.17, 15) is 4.79 Å². The van der Waals surface area contributed by atoms with Crippen molar-refractivity contribution >= 4 is 10.9 Å². The Morgan fingerprint density at radius 2 is 1.87 bits per heavy atom. The van der Waals surface area contributed by atoms with Gasteiger partial charge >= 0.3 is 5.63 Å². The van der Waals surface area contributed by atoms with E-state index in [0.717, 1.165) is 5.56 Å². The van der Waals surface area contributed by atoms with Crippen LogP contribution in [0.25, 0.3) is 10.9 Å². The Balaban J connectivity index is 0.000000531. The van der Waals surface area contributed by atoms with Crippen molar-refractivity contribution in [2.24, 2.45) is 0 Å². The van der Waals surface area contributed by atoms with Crippen molar-refractivity contribution < 1.29 is 4.42 Å². The van der Waals surface area contributed by atoms with Gasteiger partial charge in [-0.25, -0.2) is 9.78 Å². The van der Waals surface area contributed by atoms with Gasteiger partial charge in [0.2, 0.25) is 0 Å². The molecule has 0 bridgehead atoms. The molecule has 0 radical (unpaired) electrons. The van der Waals surface area contributed by atoms with Crippen LogP contribution in [0.4, 0.5) is 0 Å². The highest BCUT2D eigenvalue weighted by Crippen LogP contribution is 2.09. The molecule has 2 rings (SSSR count). The van der Waals surface area contributed by atoms with Gasteiger partial charge in [-0.15, -0.1) is 0 Å². The van der Waals surface area contributed by atoms with E-state index in [1.54, 1.807) is 13.0 Å². The predicted molar refractivity (Wildman–Crippen MR) is 61.1 cm³/mol. The summed E-state index contributed by atoms with van der Waals surface area (Å²) in [5.41, 5.74) is 1.41. The molecule has 1 aromatic carbocycles. The zero-order chi connectivity index (χ0) is 11.4. The second-order valence-electron chi connectivity index (χ2n) is 3.04. The van der Waals surface area contributed by atoms with E-state index < -0.39 is 0 Å². The van der Waals surface area contributed by atoms with E-state index in [4.69, 9.17) is 4.42 Å². The van der Waals surface area contributed by atoms with E-state index in [-0.39, 0.29) is 5.63 Å². The molecule has 15 heavy (non-hydrogen) atoms. The molecule has 80 valence electrons. The average Bonchev–Trinajstić information content (AvgIpc) is 2.22. The number of nitrogens with zero attached hydrogens (tertiary/aromatic N) is 1. The van der Waals surface area contributed by atoms with Crippen molar-refractivity contribution in [3.05, 3.63) is 40.1 Å². The minimum atomic E-state index is -0.314. The predicted octanol–water partition coefficient (Wildman–Crippen LogP) is 2.83. The van der Waals surface area contributed by atoms with Crippen molar-refractivity contribution in [3.63, 3.8) is 0 Å². The minimum absolute atomic E-state index is 0.314. The van der Waals surface area contributed by atoms with Crippen LogP contribution in [0.3, 0.4) is 0 Å². The summed E-state index contributed by atoms with van der Waals surface area (Å²) < 4.78 is 4.88. The lowest BCUT2D eigenvalue weighted by Gasteiger charge is -1.97. The van der Waals surface area contributed by atoms with E-state index in [1.165, 1.54) is 0 Å². The second kappa shape index (κ2) is 4.73. The zero-order valence-electron chi connectivity index (χ0n) is 9.50. The highest BCUT2D eigenvalue weighted by molar-refractivity contribution is 5.77. The molecule has 1 aromatic heterocycles. The summed E-state index contributed by atoms with van der Waals surface area (Å²) >= 11 is 0. The van der Waals surface area contributed by atoms with Crippen LogP contribution in [0, 0.1) is 13.8 Å². The van der Waals surface area contributed by atoms with Gasteiger partial charge in [-0.3, -0.25) is 0 Å². The quantitative estimate of drug-likeness (QED) is 0.664. The Hall–Kier alpha value is -1.64. The van der Waals surface area contributed by atoms with Crippen LogP contribution in [-0.2, 0) is 0 Å². The summed E-state index contributed by atoms with van der Waals surface area (Å²) in [6.45, 7) is 7.60. The number of hydrogen-bond acceptors (Lipinski definition) is 3. The summed E-state index contributed by atoms with van der Waals surface area (Å²) in [5, 5.41) is 0.547. The highest BCUT2D eigenvalue weighted by Gasteiger charge is 2.02. The van der Waals surface area contributed by atoms with Gasteiger partial charge in [-0.05, 0) is 19.1 Å². The molecule has 0 fully saturated rings. The molecule has 1 heterocycles. The first-order chi connectivity index (χ1) is 7.16. The second-order valence-corrected chi connectivity index (χ2v) is 3.04. The molecule has 2 aromatic rings. The number of fused-ring (bicyclic) bond motifs is 1. The molecular weight excluding hydrogens is 190 g/mol. The maximum Gasteiger partial charge on any atom is 0.346 e. The fourth-order valence-electron chi connectivity index (χ4n) is 1.29. The van der Waals surface area contributed by atoms with E-state index >= 15 is 0 Å². The number of rotatable bonds is 0. The van der Waals surface area contributed by atoms with Gasteiger partial charge in [0.25, 0.3) is 0 Å². The normalized spacial score (nSPS) is 9.60. The van der Waals surface area contributed by atoms with E-state index in [2.05, 4.69) is 4.98 Å². The molecule has 0 spiro atoms. The van der Waals surface area contributed by atoms with Gasteiger partial charge in [0.05, 0.1) is 10.9 Å². The molecule has 0 aliphatic heterocycles. The van der Waals surface area contributed by atoms with E-state index in [0.29, 0.717) is 16.8 Å². The van der Waals surface area contributed by atoms with Crippen LogP contribution < -0.4 is 5.63 Å². The maximum atomic E-state index is 11.3. The van der Waals surface area contributed by atoms with Gasteiger partial charge in [0.15, 0.2) is 5.89 Å². The largest absolute Gasteiger partial charge is 0.408 e. The zero-order valence-corrected chi connectivity index (χ0v) is 9.50. The van der Waals surface area contributed by atoms with Crippen LogP contribution in [0.2, 0.25) is 0 Å². The molecule has 0 N–H and O–H groups in total. The van der Waals surface area contributed by atoms with E-state index in [1.807, 2.05) is 32.9 Å². The van der Waals surface area contributed by atoms with Gasteiger partial charge in [0.1, 0.15) is 0 Å².